The molecule has 4 aromatic rings. The minimum absolute atomic E-state index is 0.0896. The maximum Gasteiger partial charge on any atom is 0.312 e. The number of rotatable bonds is 6. The molecule has 9 heteroatoms. The molecule has 1 atom stereocenters. The number of anilines is 2. The topological polar surface area (TPSA) is 102 Å². The summed E-state index contributed by atoms with van der Waals surface area (Å²) in [6.07, 6.45) is 6.36. The first-order chi connectivity index (χ1) is 15.6. The van der Waals surface area contributed by atoms with Gasteiger partial charge >= 0.3 is 5.97 Å². The number of thiophene rings is 1. The Labute approximate surface area is 189 Å². The first-order valence-electron chi connectivity index (χ1n) is 10.8. The predicted molar refractivity (Wildman–Crippen MR) is 125 cm³/mol. The Morgan fingerprint density at radius 1 is 1.31 bits per heavy atom. The van der Waals surface area contributed by atoms with Crippen LogP contribution in [-0.2, 0) is 22.4 Å². The minimum Gasteiger partial charge on any atom is -0.494 e. The Morgan fingerprint density at radius 2 is 2.19 bits per heavy atom. The van der Waals surface area contributed by atoms with Crippen LogP contribution in [0.3, 0.4) is 0 Å². The molecule has 0 aliphatic heterocycles. The summed E-state index contributed by atoms with van der Waals surface area (Å²) in [4.78, 5) is 24.0. The fourth-order valence-corrected chi connectivity index (χ4v) is 5.90. The quantitative estimate of drug-likeness (QED) is 0.407. The zero-order chi connectivity index (χ0) is 22.3. The van der Waals surface area contributed by atoms with Crippen molar-refractivity contribution in [3.63, 3.8) is 0 Å². The van der Waals surface area contributed by atoms with Crippen LogP contribution in [0.5, 0.6) is 5.75 Å². The van der Waals surface area contributed by atoms with E-state index in [0.29, 0.717) is 18.8 Å². The van der Waals surface area contributed by atoms with Gasteiger partial charge in [0.05, 0.1) is 41.9 Å². The molecule has 0 bridgehead atoms. The Morgan fingerprint density at radius 3 is 2.97 bits per heavy atom. The van der Waals surface area contributed by atoms with Crippen LogP contribution in [0.4, 0.5) is 11.5 Å². The van der Waals surface area contributed by atoms with Crippen LogP contribution in [0, 0.1) is 5.41 Å². The van der Waals surface area contributed by atoms with E-state index in [9.17, 15) is 4.79 Å². The van der Waals surface area contributed by atoms with Crippen molar-refractivity contribution in [1.29, 1.82) is 0 Å². The van der Waals surface area contributed by atoms with Crippen molar-refractivity contribution in [2.75, 3.05) is 19.0 Å². The number of hydrogen-bond donors (Lipinski definition) is 2. The molecule has 3 aromatic heterocycles. The fraction of sp³-hybridized carbons (Fsp3) is 0.391. The standard InChI is InChI=1S/C23H25N5O3S/c1-4-23(22(29)31-5-2)7-6-14-18(10-23)32-21-19(14)20(24-12-25-21)27-16-8-13-11-26-28-15(13)9-17(16)30-3/h8-9,11-12H,4-7,10H2,1-3H3,(H,26,28)(H,24,25,27)/t23-/m1/s1. The first kappa shape index (κ1) is 20.7. The molecule has 0 amide bonds. The molecule has 3 heterocycles. The number of fused-ring (bicyclic) bond motifs is 4. The average molecular weight is 452 g/mol. The SMILES string of the molecule is CCOC(=O)[C@]1(CC)CCc2c(sc3ncnc(Nc4cc5cn[nH]c5cc4OC)c23)C1. The second kappa shape index (κ2) is 8.05. The molecule has 0 saturated heterocycles. The number of hydrogen-bond acceptors (Lipinski definition) is 8. The number of esters is 1. The van der Waals surface area contributed by atoms with Gasteiger partial charge in [-0.3, -0.25) is 9.89 Å². The minimum atomic E-state index is -0.458. The second-order valence-corrected chi connectivity index (χ2v) is 9.16. The molecule has 0 fully saturated rings. The summed E-state index contributed by atoms with van der Waals surface area (Å²) in [5.74, 6) is 1.35. The number of H-pyrrole nitrogens is 1. The third kappa shape index (κ3) is 3.28. The molecule has 8 nitrogen and oxygen atoms in total. The lowest BCUT2D eigenvalue weighted by atomic mass is 9.72. The van der Waals surface area contributed by atoms with E-state index in [1.807, 2.05) is 19.1 Å². The van der Waals surface area contributed by atoms with Crippen LogP contribution < -0.4 is 10.1 Å². The predicted octanol–water partition coefficient (Wildman–Crippen LogP) is 4.77. The van der Waals surface area contributed by atoms with Gasteiger partial charge in [0.1, 0.15) is 22.7 Å². The first-order valence-corrected chi connectivity index (χ1v) is 11.6. The number of benzene rings is 1. The highest BCUT2D eigenvalue weighted by molar-refractivity contribution is 7.19. The molecular formula is C23H25N5O3S. The van der Waals surface area contributed by atoms with Crippen molar-refractivity contribution in [3.8, 4) is 5.75 Å². The number of nitrogens with zero attached hydrogens (tertiary/aromatic N) is 3. The van der Waals surface area contributed by atoms with Crippen LogP contribution in [0.15, 0.2) is 24.7 Å². The Bertz CT molecular complexity index is 1310. The van der Waals surface area contributed by atoms with Crippen LogP contribution in [-0.4, -0.2) is 39.9 Å². The number of carbonyl (C=O) groups is 1. The number of ether oxygens (including phenoxy) is 2. The summed E-state index contributed by atoms with van der Waals surface area (Å²) in [5.41, 5.74) is 2.49. The molecule has 32 heavy (non-hydrogen) atoms. The van der Waals surface area contributed by atoms with Gasteiger partial charge in [-0.2, -0.15) is 5.10 Å². The molecule has 1 aliphatic rings. The van der Waals surface area contributed by atoms with E-state index in [1.54, 1.807) is 31.0 Å². The molecule has 1 aliphatic carbocycles. The van der Waals surface area contributed by atoms with Gasteiger partial charge in [-0.25, -0.2) is 9.97 Å². The highest BCUT2D eigenvalue weighted by Gasteiger charge is 2.42. The molecular weight excluding hydrogens is 426 g/mol. The van der Waals surface area contributed by atoms with Gasteiger partial charge in [-0.05, 0) is 44.2 Å². The summed E-state index contributed by atoms with van der Waals surface area (Å²) in [6, 6.07) is 3.91. The summed E-state index contributed by atoms with van der Waals surface area (Å²) in [6.45, 7) is 4.33. The molecule has 0 saturated carbocycles. The number of aromatic nitrogens is 4. The van der Waals surface area contributed by atoms with Crippen molar-refractivity contribution >= 4 is 49.9 Å². The number of carbonyl (C=O) groups excluding carboxylic acids is 1. The molecule has 0 radical (unpaired) electrons. The van der Waals surface area contributed by atoms with E-state index in [0.717, 1.165) is 51.9 Å². The lowest BCUT2D eigenvalue weighted by Crippen LogP contribution is -2.37. The number of aryl methyl sites for hydroxylation is 1. The van der Waals surface area contributed by atoms with Gasteiger partial charge in [0.15, 0.2) is 0 Å². The fourth-order valence-electron chi connectivity index (χ4n) is 4.57. The van der Waals surface area contributed by atoms with E-state index in [4.69, 9.17) is 9.47 Å². The zero-order valence-electron chi connectivity index (χ0n) is 18.3. The number of aromatic amines is 1. The van der Waals surface area contributed by atoms with Crippen molar-refractivity contribution in [2.24, 2.45) is 5.41 Å². The number of nitrogens with one attached hydrogen (secondary N) is 2. The van der Waals surface area contributed by atoms with Gasteiger partial charge in [0.2, 0.25) is 0 Å². The summed E-state index contributed by atoms with van der Waals surface area (Å²) >= 11 is 1.65. The van der Waals surface area contributed by atoms with Crippen molar-refractivity contribution < 1.29 is 14.3 Å². The highest BCUT2D eigenvalue weighted by atomic mass is 32.1. The normalized spacial score (nSPS) is 18.0. The van der Waals surface area contributed by atoms with Crippen LogP contribution in [0.2, 0.25) is 0 Å². The lowest BCUT2D eigenvalue weighted by molar-refractivity contribution is -0.156. The van der Waals surface area contributed by atoms with E-state index in [2.05, 4.69) is 32.4 Å². The smallest absolute Gasteiger partial charge is 0.312 e. The van der Waals surface area contributed by atoms with Gasteiger partial charge < -0.3 is 14.8 Å². The van der Waals surface area contributed by atoms with E-state index < -0.39 is 5.41 Å². The second-order valence-electron chi connectivity index (χ2n) is 8.07. The summed E-state index contributed by atoms with van der Waals surface area (Å²) < 4.78 is 11.0. The molecule has 2 N–H and O–H groups in total. The molecule has 0 spiro atoms. The van der Waals surface area contributed by atoms with E-state index in [1.165, 1.54) is 10.4 Å². The molecule has 1 aromatic carbocycles. The van der Waals surface area contributed by atoms with E-state index in [-0.39, 0.29) is 5.97 Å². The van der Waals surface area contributed by atoms with Crippen LogP contribution in [0.25, 0.3) is 21.1 Å². The Balaban J connectivity index is 1.56. The van der Waals surface area contributed by atoms with Gasteiger partial charge in [-0.1, -0.05) is 6.92 Å². The van der Waals surface area contributed by atoms with E-state index >= 15 is 0 Å². The molecule has 0 unspecified atom stereocenters. The maximum absolute atomic E-state index is 12.8. The van der Waals surface area contributed by atoms with Crippen molar-refractivity contribution in [1.82, 2.24) is 20.2 Å². The van der Waals surface area contributed by atoms with Crippen molar-refractivity contribution in [2.45, 2.75) is 39.5 Å². The van der Waals surface area contributed by atoms with Crippen LogP contribution in [0.1, 0.15) is 37.1 Å². The van der Waals surface area contributed by atoms with Gasteiger partial charge in [0.25, 0.3) is 0 Å². The zero-order valence-corrected chi connectivity index (χ0v) is 19.1. The summed E-state index contributed by atoms with van der Waals surface area (Å²) in [7, 11) is 1.64. The third-order valence-corrected chi connectivity index (χ3v) is 7.56. The summed E-state index contributed by atoms with van der Waals surface area (Å²) in [5, 5.41) is 12.5. The average Bonchev–Trinajstić information content (AvgIpc) is 3.41. The Hall–Kier alpha value is -3.20. The maximum atomic E-state index is 12.8. The number of methoxy groups -OCH3 is 1. The lowest BCUT2D eigenvalue weighted by Gasteiger charge is -2.33. The van der Waals surface area contributed by atoms with Crippen LogP contribution >= 0.6 is 11.3 Å². The largest absolute Gasteiger partial charge is 0.494 e. The molecule has 166 valence electrons. The molecule has 5 rings (SSSR count). The van der Waals surface area contributed by atoms with Gasteiger partial charge in [-0.15, -0.1) is 11.3 Å². The Kier molecular flexibility index (Phi) is 5.21. The van der Waals surface area contributed by atoms with Crippen molar-refractivity contribution in [3.05, 3.63) is 35.1 Å². The highest BCUT2D eigenvalue weighted by Crippen LogP contribution is 2.47. The monoisotopic (exact) mass is 451 g/mol. The van der Waals surface area contributed by atoms with Gasteiger partial charge in [0, 0.05) is 16.3 Å². The third-order valence-electron chi connectivity index (χ3n) is 6.42.